The van der Waals surface area contributed by atoms with Crippen LogP contribution in [-0.4, -0.2) is 52.1 Å². The molecule has 2 aromatic rings. The summed E-state index contributed by atoms with van der Waals surface area (Å²) in [4.78, 5) is 55.9. The highest BCUT2D eigenvalue weighted by atomic mass is 79.9. The molecule has 1 aliphatic heterocycles. The van der Waals surface area contributed by atoms with Crippen LogP contribution in [0.2, 0.25) is 0 Å². The summed E-state index contributed by atoms with van der Waals surface area (Å²) in [5.74, 6) is -3.16. The standard InChI is InChI=1S/C32H27Br2NO7/c1-14-11-22(37)26-21(29(14)38)12-19-17(24(26)20-13-23(42-2)30(39)28(34)27(20)33)7-8-18-25(19)32(41)35(31(18)40)10-9-15-3-5-16(36)6-4-15/h3-7,11,13,18-19,24-25,36,39H,8-10,12H2,1-2H3. The Bertz CT molecular complexity index is 1670. The zero-order valence-electron chi connectivity index (χ0n) is 22.8. The summed E-state index contributed by atoms with van der Waals surface area (Å²) in [5, 5.41) is 20.2. The first-order chi connectivity index (χ1) is 20.0. The first-order valence-corrected chi connectivity index (χ1v) is 15.2. The number of imide groups is 1. The molecule has 3 aliphatic carbocycles. The van der Waals surface area contributed by atoms with Crippen LogP contribution < -0.4 is 4.74 Å². The van der Waals surface area contributed by atoms with Crippen molar-refractivity contribution in [3.63, 3.8) is 0 Å². The van der Waals surface area contributed by atoms with Crippen LogP contribution in [0.1, 0.15) is 36.8 Å². The van der Waals surface area contributed by atoms with Crippen LogP contribution in [0, 0.1) is 17.8 Å². The van der Waals surface area contributed by atoms with Crippen molar-refractivity contribution in [1.82, 2.24) is 4.90 Å². The molecule has 6 rings (SSSR count). The molecule has 1 saturated heterocycles. The smallest absolute Gasteiger partial charge is 0.233 e. The van der Waals surface area contributed by atoms with E-state index in [4.69, 9.17) is 4.74 Å². The Morgan fingerprint density at radius 3 is 2.40 bits per heavy atom. The molecular weight excluding hydrogens is 670 g/mol. The minimum Gasteiger partial charge on any atom is -0.508 e. The van der Waals surface area contributed by atoms with Gasteiger partial charge in [-0.05, 0) is 99.4 Å². The minimum absolute atomic E-state index is 0.116. The lowest BCUT2D eigenvalue weighted by Crippen LogP contribution is -2.40. The molecular formula is C32H27Br2NO7. The van der Waals surface area contributed by atoms with Crippen LogP contribution in [0.5, 0.6) is 17.2 Å². The van der Waals surface area contributed by atoms with Gasteiger partial charge < -0.3 is 14.9 Å². The lowest BCUT2D eigenvalue weighted by atomic mass is 9.59. The van der Waals surface area contributed by atoms with Crippen molar-refractivity contribution in [1.29, 1.82) is 0 Å². The Morgan fingerprint density at radius 1 is 1.00 bits per heavy atom. The summed E-state index contributed by atoms with van der Waals surface area (Å²) in [5.41, 5.74) is 3.36. The molecule has 1 heterocycles. The number of carbonyl (C=O) groups is 4. The number of ether oxygens (including phenoxy) is 1. The molecule has 216 valence electrons. The fraction of sp³-hybridized carbons (Fsp3) is 0.312. The number of fused-ring (bicyclic) bond motifs is 3. The number of hydrogen-bond acceptors (Lipinski definition) is 7. The van der Waals surface area contributed by atoms with E-state index >= 15 is 0 Å². The molecule has 0 bridgehead atoms. The van der Waals surface area contributed by atoms with Gasteiger partial charge in [-0.15, -0.1) is 0 Å². The molecule has 4 aliphatic rings. The Kier molecular flexibility index (Phi) is 7.25. The fourth-order valence-electron chi connectivity index (χ4n) is 6.90. The van der Waals surface area contributed by atoms with Crippen LogP contribution in [0.4, 0.5) is 0 Å². The number of allylic oxidation sites excluding steroid dienone is 6. The van der Waals surface area contributed by atoms with Gasteiger partial charge in [0.1, 0.15) is 5.75 Å². The third-order valence-corrected chi connectivity index (χ3v) is 11.1. The molecule has 8 nitrogen and oxygen atoms in total. The molecule has 0 saturated carbocycles. The second kappa shape index (κ2) is 10.6. The molecule has 4 atom stereocenters. The van der Waals surface area contributed by atoms with Gasteiger partial charge >= 0.3 is 0 Å². The molecule has 2 amide bonds. The van der Waals surface area contributed by atoms with Crippen molar-refractivity contribution >= 4 is 55.2 Å². The highest BCUT2D eigenvalue weighted by Crippen LogP contribution is 2.57. The summed E-state index contributed by atoms with van der Waals surface area (Å²) in [7, 11) is 1.43. The van der Waals surface area contributed by atoms with Gasteiger partial charge in [-0.1, -0.05) is 23.8 Å². The number of rotatable bonds is 5. The molecule has 2 aromatic carbocycles. The van der Waals surface area contributed by atoms with E-state index in [1.54, 1.807) is 37.3 Å². The summed E-state index contributed by atoms with van der Waals surface area (Å²) in [6.45, 7) is 1.82. The summed E-state index contributed by atoms with van der Waals surface area (Å²) in [6.07, 6.45) is 4.29. The van der Waals surface area contributed by atoms with Crippen molar-refractivity contribution in [2.24, 2.45) is 17.8 Å². The maximum atomic E-state index is 13.9. The van der Waals surface area contributed by atoms with E-state index in [1.165, 1.54) is 18.1 Å². The van der Waals surface area contributed by atoms with Crippen molar-refractivity contribution in [3.05, 3.63) is 84.8 Å². The van der Waals surface area contributed by atoms with Crippen molar-refractivity contribution < 1.29 is 34.1 Å². The average Bonchev–Trinajstić information content (AvgIpc) is 3.22. The molecule has 0 aromatic heterocycles. The Hall–Kier alpha value is -3.50. The number of methoxy groups -OCH3 is 1. The maximum absolute atomic E-state index is 13.9. The molecule has 0 radical (unpaired) electrons. The van der Waals surface area contributed by atoms with E-state index in [0.29, 0.717) is 44.1 Å². The molecule has 42 heavy (non-hydrogen) atoms. The number of aromatic hydroxyl groups is 2. The third-order valence-electron chi connectivity index (χ3n) is 8.92. The Morgan fingerprint density at radius 2 is 1.71 bits per heavy atom. The Balaban J connectivity index is 1.43. The number of Topliss-reactive ketones (excluding diaryl/α,β-unsaturated/α-hetero) is 1. The molecule has 10 heteroatoms. The number of phenols is 2. The van der Waals surface area contributed by atoms with Gasteiger partial charge in [-0.25, -0.2) is 0 Å². The fourth-order valence-corrected chi connectivity index (χ4v) is 7.86. The monoisotopic (exact) mass is 695 g/mol. The lowest BCUT2D eigenvalue weighted by molar-refractivity contribution is -0.140. The summed E-state index contributed by atoms with van der Waals surface area (Å²) in [6, 6.07) is 8.30. The molecule has 0 spiro atoms. The number of benzene rings is 2. The molecule has 1 fully saturated rings. The van der Waals surface area contributed by atoms with Crippen molar-refractivity contribution in [2.75, 3.05) is 13.7 Å². The zero-order chi connectivity index (χ0) is 30.0. The minimum atomic E-state index is -0.686. The van der Waals surface area contributed by atoms with Crippen molar-refractivity contribution in [3.8, 4) is 17.2 Å². The number of nitrogens with zero attached hydrogens (tertiary/aromatic N) is 1. The van der Waals surface area contributed by atoms with Gasteiger partial charge in [0.15, 0.2) is 23.1 Å². The van der Waals surface area contributed by atoms with Crippen LogP contribution in [0.3, 0.4) is 0 Å². The van der Waals surface area contributed by atoms with E-state index in [2.05, 4.69) is 31.9 Å². The first kappa shape index (κ1) is 28.6. The second-order valence-electron chi connectivity index (χ2n) is 11.1. The van der Waals surface area contributed by atoms with E-state index in [1.807, 2.05) is 6.08 Å². The highest BCUT2D eigenvalue weighted by molar-refractivity contribution is 9.13. The topological polar surface area (TPSA) is 121 Å². The first-order valence-electron chi connectivity index (χ1n) is 13.6. The number of ketones is 2. The van der Waals surface area contributed by atoms with Crippen LogP contribution in [0.25, 0.3) is 0 Å². The number of carbonyl (C=O) groups excluding carboxylic acids is 4. The normalized spacial score (nSPS) is 25.2. The SMILES string of the molecule is COc1cc(C2C3=CCC4C(=O)N(CCc5ccc(O)cc5)C(=O)C4C3CC3=C2C(=O)C=C(C)C3=O)c(Br)c(Br)c1O. The van der Waals surface area contributed by atoms with E-state index in [0.717, 1.165) is 11.1 Å². The Labute approximate surface area is 259 Å². The van der Waals surface area contributed by atoms with Gasteiger partial charge in [-0.3, -0.25) is 24.1 Å². The van der Waals surface area contributed by atoms with Gasteiger partial charge in [0.05, 0.1) is 23.4 Å². The van der Waals surface area contributed by atoms with Gasteiger partial charge in [0.2, 0.25) is 11.8 Å². The number of phenolic OH excluding ortho intramolecular Hbond substituents is 2. The van der Waals surface area contributed by atoms with E-state index in [9.17, 15) is 29.4 Å². The highest BCUT2D eigenvalue weighted by Gasteiger charge is 2.56. The van der Waals surface area contributed by atoms with Crippen LogP contribution in [-0.2, 0) is 25.6 Å². The van der Waals surface area contributed by atoms with Gasteiger partial charge in [-0.2, -0.15) is 0 Å². The molecule has 4 unspecified atom stereocenters. The average molecular weight is 697 g/mol. The summed E-state index contributed by atoms with van der Waals surface area (Å²) < 4.78 is 6.25. The molecule has 2 N–H and O–H groups in total. The number of halogens is 2. The lowest BCUT2D eigenvalue weighted by Gasteiger charge is -2.42. The van der Waals surface area contributed by atoms with Gasteiger partial charge in [0.25, 0.3) is 0 Å². The number of likely N-dealkylation sites (tertiary alicyclic amines) is 1. The number of amides is 2. The van der Waals surface area contributed by atoms with Crippen LogP contribution in [0.15, 0.2) is 73.7 Å². The third kappa shape index (κ3) is 4.38. The van der Waals surface area contributed by atoms with Crippen molar-refractivity contribution in [2.45, 2.75) is 32.1 Å². The summed E-state index contributed by atoms with van der Waals surface area (Å²) >= 11 is 6.99. The van der Waals surface area contributed by atoms with Crippen LogP contribution >= 0.6 is 31.9 Å². The van der Waals surface area contributed by atoms with E-state index < -0.39 is 23.7 Å². The quantitative estimate of drug-likeness (QED) is 0.247. The zero-order valence-corrected chi connectivity index (χ0v) is 26.0. The number of hydrogen-bond donors (Lipinski definition) is 2. The van der Waals surface area contributed by atoms with Gasteiger partial charge in [0, 0.05) is 33.7 Å². The van der Waals surface area contributed by atoms with E-state index in [-0.39, 0.29) is 53.6 Å². The second-order valence-corrected chi connectivity index (χ2v) is 12.7. The maximum Gasteiger partial charge on any atom is 0.233 e. The largest absolute Gasteiger partial charge is 0.508 e. The predicted octanol–water partition coefficient (Wildman–Crippen LogP) is 5.30. The predicted molar refractivity (Wildman–Crippen MR) is 160 cm³/mol.